The molecular weight excluding hydrogens is 522 g/mol. The molecule has 0 bridgehead atoms. The van der Waals surface area contributed by atoms with Gasteiger partial charge in [-0.15, -0.1) is 0 Å². The Labute approximate surface area is 226 Å². The van der Waals surface area contributed by atoms with Crippen LogP contribution < -0.4 is 8.37 Å². The Morgan fingerprint density at radius 1 is 0.684 bits per heavy atom. The van der Waals surface area contributed by atoms with Crippen LogP contribution in [0.5, 0.6) is 11.5 Å². The average Bonchev–Trinajstić information content (AvgIpc) is 3.27. The van der Waals surface area contributed by atoms with E-state index in [9.17, 15) is 16.8 Å². The fraction of sp³-hybridized carbons (Fsp3) is 0.379. The van der Waals surface area contributed by atoms with Crippen LogP contribution in [0.1, 0.15) is 48.9 Å². The zero-order chi connectivity index (χ0) is 27.5. The molecule has 7 nitrogen and oxygen atoms in total. The van der Waals surface area contributed by atoms with E-state index in [2.05, 4.69) is 18.7 Å². The lowest BCUT2D eigenvalue weighted by Crippen LogP contribution is -2.37. The molecule has 204 valence electrons. The lowest BCUT2D eigenvalue weighted by Gasteiger charge is -2.27. The van der Waals surface area contributed by atoms with E-state index in [0.717, 1.165) is 61.0 Å². The van der Waals surface area contributed by atoms with Gasteiger partial charge in [0.1, 0.15) is 9.79 Å². The Morgan fingerprint density at radius 3 is 1.39 bits per heavy atom. The molecule has 0 spiro atoms. The summed E-state index contributed by atoms with van der Waals surface area (Å²) in [7, 11) is -8.46. The van der Waals surface area contributed by atoms with E-state index in [1.54, 1.807) is 36.4 Å². The summed E-state index contributed by atoms with van der Waals surface area (Å²) >= 11 is 0. The van der Waals surface area contributed by atoms with Gasteiger partial charge in [0.15, 0.2) is 11.5 Å². The number of hydrogen-bond donors (Lipinski definition) is 0. The summed E-state index contributed by atoms with van der Waals surface area (Å²) in [5, 5.41) is 0. The molecule has 0 saturated heterocycles. The summed E-state index contributed by atoms with van der Waals surface area (Å²) in [6.07, 6.45) is 3.50. The zero-order valence-electron chi connectivity index (χ0n) is 22.3. The minimum absolute atomic E-state index is 0.0223. The van der Waals surface area contributed by atoms with Crippen molar-refractivity contribution in [1.29, 1.82) is 0 Å². The van der Waals surface area contributed by atoms with Crippen LogP contribution in [-0.4, -0.2) is 40.9 Å². The summed E-state index contributed by atoms with van der Waals surface area (Å²) < 4.78 is 63.7. The van der Waals surface area contributed by atoms with Gasteiger partial charge < -0.3 is 8.37 Å². The fourth-order valence-electron chi connectivity index (χ4n) is 4.79. The molecule has 1 aliphatic carbocycles. The van der Waals surface area contributed by atoms with E-state index in [4.69, 9.17) is 8.37 Å². The lowest BCUT2D eigenvalue weighted by atomic mass is 10.1. The van der Waals surface area contributed by atoms with Crippen LogP contribution >= 0.6 is 0 Å². The zero-order valence-corrected chi connectivity index (χ0v) is 23.9. The summed E-state index contributed by atoms with van der Waals surface area (Å²) in [4.78, 5) is 2.39. The highest BCUT2D eigenvalue weighted by atomic mass is 32.2. The molecule has 0 heterocycles. The molecule has 0 radical (unpaired) electrons. The Hall–Kier alpha value is -2.88. The van der Waals surface area contributed by atoms with Crippen LogP contribution in [0.4, 0.5) is 0 Å². The van der Waals surface area contributed by atoms with E-state index < -0.39 is 20.2 Å². The molecule has 3 aromatic rings. The van der Waals surface area contributed by atoms with E-state index in [1.165, 1.54) is 24.3 Å². The van der Waals surface area contributed by atoms with Crippen LogP contribution in [-0.2, 0) is 33.1 Å². The van der Waals surface area contributed by atoms with Crippen molar-refractivity contribution in [2.24, 2.45) is 0 Å². The van der Waals surface area contributed by atoms with E-state index in [-0.39, 0.29) is 27.3 Å². The molecule has 0 saturated carbocycles. The molecule has 0 fully saturated rings. The quantitative estimate of drug-likeness (QED) is 0.291. The maximum atomic E-state index is 13.1. The van der Waals surface area contributed by atoms with E-state index in [0.29, 0.717) is 0 Å². The van der Waals surface area contributed by atoms with E-state index >= 15 is 0 Å². The second-order valence-electron chi connectivity index (χ2n) is 9.87. The Morgan fingerprint density at radius 2 is 1.05 bits per heavy atom. The van der Waals surface area contributed by atoms with Crippen LogP contribution in [0.25, 0.3) is 0 Å². The van der Waals surface area contributed by atoms with Crippen molar-refractivity contribution in [1.82, 2.24) is 4.90 Å². The van der Waals surface area contributed by atoms with Gasteiger partial charge in [-0.2, -0.15) is 16.8 Å². The normalized spacial score (nSPS) is 14.0. The third kappa shape index (κ3) is 6.39. The first kappa shape index (κ1) is 28.1. The molecule has 0 atom stereocenters. The van der Waals surface area contributed by atoms with Crippen molar-refractivity contribution in [2.75, 3.05) is 13.1 Å². The highest BCUT2D eigenvalue weighted by molar-refractivity contribution is 7.87. The maximum Gasteiger partial charge on any atom is 0.339 e. The first-order chi connectivity index (χ1) is 18.0. The van der Waals surface area contributed by atoms with E-state index in [1.807, 2.05) is 13.8 Å². The molecule has 0 amide bonds. The van der Waals surface area contributed by atoms with Gasteiger partial charge in [-0.1, -0.05) is 49.2 Å². The number of nitrogens with zero attached hydrogens (tertiary/aromatic N) is 1. The first-order valence-electron chi connectivity index (χ1n) is 12.9. The van der Waals surface area contributed by atoms with Gasteiger partial charge in [0, 0.05) is 6.04 Å². The smallest absolute Gasteiger partial charge is 0.339 e. The number of rotatable bonds is 11. The third-order valence-corrected chi connectivity index (χ3v) is 9.23. The van der Waals surface area contributed by atoms with Crippen molar-refractivity contribution < 1.29 is 25.2 Å². The van der Waals surface area contributed by atoms with Crippen molar-refractivity contribution in [2.45, 2.75) is 69.2 Å². The monoisotopic (exact) mass is 557 g/mol. The van der Waals surface area contributed by atoms with Gasteiger partial charge in [0.05, 0.1) is 0 Å². The average molecular weight is 558 g/mol. The highest BCUT2D eigenvalue weighted by Crippen LogP contribution is 2.39. The van der Waals surface area contributed by atoms with Gasteiger partial charge in [-0.3, -0.25) is 4.90 Å². The Kier molecular flexibility index (Phi) is 8.49. The predicted octanol–water partition coefficient (Wildman–Crippen LogP) is 5.43. The van der Waals surface area contributed by atoms with Crippen molar-refractivity contribution >= 4 is 20.2 Å². The van der Waals surface area contributed by atoms with Crippen LogP contribution in [0.2, 0.25) is 0 Å². The number of hydrogen-bond acceptors (Lipinski definition) is 7. The van der Waals surface area contributed by atoms with Crippen LogP contribution in [0.3, 0.4) is 0 Å². The Balaban J connectivity index is 1.73. The molecule has 9 heteroatoms. The minimum Gasteiger partial charge on any atom is -0.375 e. The molecule has 0 unspecified atom stereocenters. The number of benzene rings is 3. The fourth-order valence-corrected chi connectivity index (χ4v) is 6.65. The van der Waals surface area contributed by atoms with Gasteiger partial charge in [0.25, 0.3) is 0 Å². The largest absolute Gasteiger partial charge is 0.375 e. The standard InChI is InChI=1S/C29H35NO6S2/c1-5-15-30(16-6-2)25-17-23-19-28(35-37(31,32)26-11-7-21(3)8-12-26)29(20-24(23)18-25)36-38(33,34)27-13-9-22(4)10-14-27/h7-14,19-20,25H,5-6,15-18H2,1-4H3. The summed E-state index contributed by atoms with van der Waals surface area (Å²) in [5.74, 6) is -0.281. The topological polar surface area (TPSA) is 90.0 Å². The molecule has 0 N–H and O–H groups in total. The van der Waals surface area contributed by atoms with Gasteiger partial charge in [-0.05, 0) is 100 Å². The molecule has 1 aliphatic rings. The van der Waals surface area contributed by atoms with Gasteiger partial charge >= 0.3 is 20.2 Å². The molecule has 4 rings (SSSR count). The van der Waals surface area contributed by atoms with Crippen molar-refractivity contribution in [3.05, 3.63) is 82.9 Å². The predicted molar refractivity (Wildman–Crippen MR) is 148 cm³/mol. The third-order valence-electron chi connectivity index (χ3n) is 6.73. The van der Waals surface area contributed by atoms with Gasteiger partial charge in [-0.25, -0.2) is 0 Å². The second-order valence-corrected chi connectivity index (χ2v) is 13.0. The van der Waals surface area contributed by atoms with Crippen molar-refractivity contribution in [3.63, 3.8) is 0 Å². The SMILES string of the molecule is CCCN(CCC)C1Cc2cc(OS(=O)(=O)c3ccc(C)cc3)c(OS(=O)(=O)c3ccc(C)cc3)cc2C1. The van der Waals surface area contributed by atoms with Crippen LogP contribution in [0.15, 0.2) is 70.5 Å². The molecule has 0 aromatic heterocycles. The Bertz CT molecular complexity index is 1370. The number of fused-ring (bicyclic) bond motifs is 1. The molecule has 3 aromatic carbocycles. The summed E-state index contributed by atoms with van der Waals surface area (Å²) in [5.41, 5.74) is 3.68. The van der Waals surface area contributed by atoms with Crippen LogP contribution in [0, 0.1) is 13.8 Å². The molecular formula is C29H35NO6S2. The minimum atomic E-state index is -4.23. The van der Waals surface area contributed by atoms with Crippen molar-refractivity contribution in [3.8, 4) is 11.5 Å². The van der Waals surface area contributed by atoms with Gasteiger partial charge in [0.2, 0.25) is 0 Å². The maximum absolute atomic E-state index is 13.1. The first-order valence-corrected chi connectivity index (χ1v) is 15.8. The second kappa shape index (κ2) is 11.5. The lowest BCUT2D eigenvalue weighted by molar-refractivity contribution is 0.202. The summed E-state index contributed by atoms with van der Waals surface area (Å²) in [6, 6.07) is 16.1. The molecule has 38 heavy (non-hydrogen) atoms. The summed E-state index contributed by atoms with van der Waals surface area (Å²) in [6.45, 7) is 9.93. The highest BCUT2D eigenvalue weighted by Gasteiger charge is 2.31. The number of aryl methyl sites for hydroxylation is 2. The molecule has 0 aliphatic heterocycles.